The van der Waals surface area contributed by atoms with Gasteiger partial charge in [-0.3, -0.25) is 0 Å². The molecule has 0 radical (unpaired) electrons. The summed E-state index contributed by atoms with van der Waals surface area (Å²) in [7, 11) is 2.79. The standard InChI is InChI=1S/C22H22O4/c1-25-21(23)18-12-7-8-13(19(18)22(24)26-2)17-16(12)14-9-3-5-10-11(6-4-9)15(10)20(14)17/h3-17,20H,1-2H3/t9?,10-,11+,12-,13-,14-,15?,16+,17-,20-/m0/s1. The molecule has 0 aromatic carbocycles. The Morgan fingerprint density at radius 2 is 1.15 bits per heavy atom. The molecule has 0 aromatic heterocycles. The van der Waals surface area contributed by atoms with E-state index in [1.807, 2.05) is 0 Å². The Hall–Kier alpha value is -2.10. The minimum atomic E-state index is -0.375. The lowest BCUT2D eigenvalue weighted by atomic mass is 9.40. The number of carbonyl (C=O) groups is 2. The molecule has 0 spiro atoms. The summed E-state index contributed by atoms with van der Waals surface area (Å²) in [5.74, 6) is 3.87. The Morgan fingerprint density at radius 3 is 1.65 bits per heavy atom. The van der Waals surface area contributed by atoms with Crippen molar-refractivity contribution in [3.8, 4) is 0 Å². The van der Waals surface area contributed by atoms with Gasteiger partial charge >= 0.3 is 11.9 Å². The first kappa shape index (κ1) is 15.0. The van der Waals surface area contributed by atoms with Crippen LogP contribution in [-0.4, -0.2) is 26.2 Å². The lowest BCUT2D eigenvalue weighted by Gasteiger charge is -2.63. The second-order valence-electron chi connectivity index (χ2n) is 8.64. The van der Waals surface area contributed by atoms with Crippen molar-refractivity contribution in [3.63, 3.8) is 0 Å². The highest BCUT2D eigenvalue weighted by molar-refractivity contribution is 6.02. The van der Waals surface area contributed by atoms with E-state index in [4.69, 9.17) is 9.47 Å². The molecule has 4 heteroatoms. The van der Waals surface area contributed by atoms with Crippen molar-refractivity contribution in [1.82, 2.24) is 0 Å². The first-order chi connectivity index (χ1) is 12.7. The van der Waals surface area contributed by atoms with Crippen molar-refractivity contribution >= 4 is 11.9 Å². The van der Waals surface area contributed by atoms with Crippen molar-refractivity contribution in [3.05, 3.63) is 47.6 Å². The average Bonchev–Trinajstić information content (AvgIpc) is 3.39. The smallest absolute Gasteiger partial charge is 0.334 e. The summed E-state index contributed by atoms with van der Waals surface area (Å²) in [4.78, 5) is 25.2. The van der Waals surface area contributed by atoms with Gasteiger partial charge in [-0.15, -0.1) is 0 Å². The fourth-order valence-corrected chi connectivity index (χ4v) is 7.25. The van der Waals surface area contributed by atoms with E-state index in [1.54, 1.807) is 0 Å². The van der Waals surface area contributed by atoms with Crippen LogP contribution in [0.2, 0.25) is 0 Å². The summed E-state index contributed by atoms with van der Waals surface area (Å²) >= 11 is 0. The average molecular weight is 350 g/mol. The van der Waals surface area contributed by atoms with Crippen LogP contribution < -0.4 is 0 Å². The highest BCUT2D eigenvalue weighted by atomic mass is 16.5. The molecule has 26 heavy (non-hydrogen) atoms. The molecule has 0 saturated heterocycles. The van der Waals surface area contributed by atoms with Crippen LogP contribution in [0.1, 0.15) is 0 Å². The molecule has 2 unspecified atom stereocenters. The van der Waals surface area contributed by atoms with E-state index in [0.717, 1.165) is 5.92 Å². The van der Waals surface area contributed by atoms with Gasteiger partial charge in [0.2, 0.25) is 0 Å². The van der Waals surface area contributed by atoms with Crippen LogP contribution in [-0.2, 0) is 19.1 Å². The molecule has 0 aliphatic heterocycles. The maximum Gasteiger partial charge on any atom is 0.334 e. The fourth-order valence-electron chi connectivity index (χ4n) is 7.25. The molecule has 10 atom stereocenters. The van der Waals surface area contributed by atoms with E-state index in [2.05, 4.69) is 36.5 Å². The molecule has 134 valence electrons. The second kappa shape index (κ2) is 4.79. The number of carbonyl (C=O) groups excluding carboxylic acids is 2. The summed E-state index contributed by atoms with van der Waals surface area (Å²) in [5, 5.41) is 0. The van der Waals surface area contributed by atoms with Gasteiger partial charge in [-0.25, -0.2) is 9.59 Å². The minimum Gasteiger partial charge on any atom is -0.466 e. The number of ether oxygens (including phenoxy) is 2. The van der Waals surface area contributed by atoms with E-state index in [0.29, 0.717) is 52.6 Å². The van der Waals surface area contributed by atoms with Crippen molar-refractivity contribution in [2.24, 2.45) is 59.2 Å². The Kier molecular flexibility index (Phi) is 2.76. The quantitative estimate of drug-likeness (QED) is 0.567. The lowest BCUT2D eigenvalue weighted by Crippen LogP contribution is -2.61. The molecular weight excluding hydrogens is 328 g/mol. The Balaban J connectivity index is 1.49. The van der Waals surface area contributed by atoms with Gasteiger partial charge in [-0.1, -0.05) is 36.5 Å². The third-order valence-electron chi connectivity index (χ3n) is 8.09. The van der Waals surface area contributed by atoms with Crippen molar-refractivity contribution in [1.29, 1.82) is 0 Å². The summed E-state index contributed by atoms with van der Waals surface area (Å²) in [6.45, 7) is 0. The Bertz CT molecular complexity index is 826. The number of esters is 2. The zero-order valence-corrected chi connectivity index (χ0v) is 14.9. The van der Waals surface area contributed by atoms with Crippen LogP contribution in [0.15, 0.2) is 47.6 Å². The van der Waals surface area contributed by atoms with Gasteiger partial charge in [0.1, 0.15) is 0 Å². The van der Waals surface area contributed by atoms with Crippen molar-refractivity contribution in [2.45, 2.75) is 0 Å². The van der Waals surface area contributed by atoms with Gasteiger partial charge in [-0.2, -0.15) is 0 Å². The van der Waals surface area contributed by atoms with Crippen LogP contribution in [0.4, 0.5) is 0 Å². The summed E-state index contributed by atoms with van der Waals surface area (Å²) in [6.07, 6.45) is 14.0. The number of allylic oxidation sites excluding steroid dienone is 6. The molecule has 2 saturated carbocycles. The van der Waals surface area contributed by atoms with Crippen LogP contribution in [0, 0.1) is 59.2 Å². The molecule has 2 fully saturated rings. The highest BCUT2D eigenvalue weighted by Crippen LogP contribution is 2.74. The first-order valence-electron chi connectivity index (χ1n) is 9.63. The van der Waals surface area contributed by atoms with E-state index in [-0.39, 0.29) is 23.8 Å². The predicted molar refractivity (Wildman–Crippen MR) is 93.4 cm³/mol. The predicted octanol–water partition coefficient (Wildman–Crippen LogP) is 2.54. The number of methoxy groups -OCH3 is 2. The highest BCUT2D eigenvalue weighted by Gasteiger charge is 2.71. The zero-order valence-electron chi connectivity index (χ0n) is 14.9. The second-order valence-corrected chi connectivity index (χ2v) is 8.64. The maximum absolute atomic E-state index is 12.6. The maximum atomic E-state index is 12.6. The summed E-state index contributed by atoms with van der Waals surface area (Å²) in [5.41, 5.74) is 1.10. The monoisotopic (exact) mass is 350 g/mol. The number of hydrogen-bond donors (Lipinski definition) is 0. The fraction of sp³-hybridized carbons (Fsp3) is 0.545. The topological polar surface area (TPSA) is 52.6 Å². The zero-order chi connectivity index (χ0) is 17.7. The molecule has 8 aliphatic carbocycles. The van der Waals surface area contributed by atoms with Crippen LogP contribution in [0.5, 0.6) is 0 Å². The van der Waals surface area contributed by atoms with E-state index < -0.39 is 0 Å². The molecule has 0 amide bonds. The van der Waals surface area contributed by atoms with Crippen molar-refractivity contribution < 1.29 is 19.1 Å². The molecule has 8 aliphatic rings. The van der Waals surface area contributed by atoms with E-state index in [1.165, 1.54) is 14.2 Å². The number of rotatable bonds is 2. The largest absolute Gasteiger partial charge is 0.466 e. The molecule has 6 bridgehead atoms. The SMILES string of the molecule is COC(=O)C1=C(C(=O)OC)[C@H]2C=C[C@H]1[C@@H]1[C@@H]3C4C=C[C@@H]5C([C@H]3[C@H]12)[C@@H]5C=C4. The number of hydrogen-bond acceptors (Lipinski definition) is 4. The van der Waals surface area contributed by atoms with Crippen LogP contribution in [0.3, 0.4) is 0 Å². The summed E-state index contributed by atoms with van der Waals surface area (Å²) in [6, 6.07) is 0. The lowest BCUT2D eigenvalue weighted by molar-refractivity contribution is -0.147. The third kappa shape index (κ3) is 1.54. The van der Waals surface area contributed by atoms with Gasteiger partial charge in [0.15, 0.2) is 0 Å². The third-order valence-corrected chi connectivity index (χ3v) is 8.09. The summed E-state index contributed by atoms with van der Waals surface area (Å²) < 4.78 is 10.1. The normalized spacial score (nSPS) is 50.4. The first-order valence-corrected chi connectivity index (χ1v) is 9.63. The van der Waals surface area contributed by atoms with Gasteiger partial charge in [0, 0.05) is 11.8 Å². The molecule has 0 aromatic rings. The van der Waals surface area contributed by atoms with E-state index >= 15 is 0 Å². The molecule has 8 rings (SSSR count). The van der Waals surface area contributed by atoms with E-state index in [9.17, 15) is 9.59 Å². The van der Waals surface area contributed by atoms with Crippen LogP contribution in [0.25, 0.3) is 0 Å². The van der Waals surface area contributed by atoms with Crippen LogP contribution >= 0.6 is 0 Å². The Labute approximate surface area is 152 Å². The minimum absolute atomic E-state index is 0.00782. The van der Waals surface area contributed by atoms with Gasteiger partial charge in [0.25, 0.3) is 0 Å². The molecular formula is C22H22O4. The molecule has 0 N–H and O–H groups in total. The Morgan fingerprint density at radius 1 is 0.654 bits per heavy atom. The van der Waals surface area contributed by atoms with Crippen molar-refractivity contribution in [2.75, 3.05) is 14.2 Å². The molecule has 0 heterocycles. The molecule has 4 nitrogen and oxygen atoms in total. The van der Waals surface area contributed by atoms with Gasteiger partial charge < -0.3 is 9.47 Å². The van der Waals surface area contributed by atoms with Gasteiger partial charge in [0.05, 0.1) is 25.4 Å². The van der Waals surface area contributed by atoms with Gasteiger partial charge in [-0.05, 0) is 47.3 Å².